The Kier molecular flexibility index (Phi) is 2.11. The van der Waals surface area contributed by atoms with Gasteiger partial charge in [-0.05, 0) is 24.6 Å². The fourth-order valence-corrected chi connectivity index (χ4v) is 1.43. The van der Waals surface area contributed by atoms with Crippen LogP contribution in [0.25, 0.3) is 0 Å². The highest BCUT2D eigenvalue weighted by molar-refractivity contribution is 6.28. The fourth-order valence-electron chi connectivity index (χ4n) is 1.43. The average molecular weight is 205 g/mol. The molecule has 0 fully saturated rings. The minimum Gasteiger partial charge on any atom is -0.269 e. The molecule has 0 aromatic heterocycles. The maximum absolute atomic E-state index is 13.4. The lowest BCUT2D eigenvalue weighted by atomic mass is 10.2. The van der Waals surface area contributed by atoms with E-state index in [1.54, 1.807) is 13.0 Å². The highest BCUT2D eigenvalue weighted by Crippen LogP contribution is 2.23. The van der Waals surface area contributed by atoms with Crippen LogP contribution in [0.1, 0.15) is 5.56 Å². The van der Waals surface area contributed by atoms with E-state index in [-0.39, 0.29) is 5.69 Å². The summed E-state index contributed by atoms with van der Waals surface area (Å²) >= 11 is 0. The highest BCUT2D eigenvalue weighted by atomic mass is 19.1. The van der Waals surface area contributed by atoms with E-state index >= 15 is 0 Å². The third-order valence-corrected chi connectivity index (χ3v) is 2.15. The summed E-state index contributed by atoms with van der Waals surface area (Å²) in [7, 11) is 0. The monoisotopic (exact) mass is 205 g/mol. The molecule has 2 amide bonds. The molecule has 3 nitrogen and oxygen atoms in total. The number of nitrogens with zero attached hydrogens (tertiary/aromatic N) is 1. The van der Waals surface area contributed by atoms with Crippen LogP contribution in [0.5, 0.6) is 0 Å². The average Bonchev–Trinajstić information content (AvgIpc) is 2.51. The molecule has 1 aliphatic rings. The van der Waals surface area contributed by atoms with Crippen molar-refractivity contribution >= 4 is 17.5 Å². The van der Waals surface area contributed by atoms with Gasteiger partial charge in [0.2, 0.25) is 0 Å². The Morgan fingerprint density at radius 2 is 1.73 bits per heavy atom. The van der Waals surface area contributed by atoms with Gasteiger partial charge in [0.1, 0.15) is 5.82 Å². The molecule has 0 bridgehead atoms. The van der Waals surface area contributed by atoms with Gasteiger partial charge in [-0.15, -0.1) is 0 Å². The van der Waals surface area contributed by atoms with E-state index in [1.165, 1.54) is 12.1 Å². The van der Waals surface area contributed by atoms with Crippen LogP contribution in [0.3, 0.4) is 0 Å². The molecular formula is C11H8FNO2. The van der Waals surface area contributed by atoms with Crippen LogP contribution in [-0.2, 0) is 9.59 Å². The molecule has 2 rings (SSSR count). The van der Waals surface area contributed by atoms with Gasteiger partial charge in [0.05, 0.1) is 5.69 Å². The van der Waals surface area contributed by atoms with Gasteiger partial charge in [0.15, 0.2) is 0 Å². The largest absolute Gasteiger partial charge is 0.269 e. The molecule has 1 aliphatic heterocycles. The van der Waals surface area contributed by atoms with Gasteiger partial charge >= 0.3 is 0 Å². The van der Waals surface area contributed by atoms with Crippen molar-refractivity contribution in [3.8, 4) is 0 Å². The van der Waals surface area contributed by atoms with Crippen LogP contribution in [0, 0.1) is 12.7 Å². The van der Waals surface area contributed by atoms with Crippen LogP contribution < -0.4 is 4.90 Å². The van der Waals surface area contributed by atoms with Crippen molar-refractivity contribution in [2.45, 2.75) is 6.92 Å². The summed E-state index contributed by atoms with van der Waals surface area (Å²) in [5.41, 5.74) is 0.800. The lowest BCUT2D eigenvalue weighted by Gasteiger charge is -2.14. The number of carbonyl (C=O) groups is 2. The molecule has 1 aromatic rings. The zero-order valence-electron chi connectivity index (χ0n) is 8.03. The molecule has 15 heavy (non-hydrogen) atoms. The van der Waals surface area contributed by atoms with E-state index in [1.807, 2.05) is 0 Å². The van der Waals surface area contributed by atoms with Crippen LogP contribution >= 0.6 is 0 Å². The number of rotatable bonds is 1. The normalized spacial score (nSPS) is 15.2. The van der Waals surface area contributed by atoms with Gasteiger partial charge < -0.3 is 0 Å². The molecule has 0 unspecified atom stereocenters. The Balaban J connectivity index is 2.50. The number of halogens is 1. The zero-order chi connectivity index (χ0) is 11.0. The first kappa shape index (κ1) is 9.58. The Bertz CT molecular complexity index is 461. The van der Waals surface area contributed by atoms with E-state index in [9.17, 15) is 14.0 Å². The maximum Gasteiger partial charge on any atom is 0.258 e. The van der Waals surface area contributed by atoms with E-state index in [4.69, 9.17) is 0 Å². The van der Waals surface area contributed by atoms with Crippen molar-refractivity contribution in [1.29, 1.82) is 0 Å². The molecule has 0 saturated heterocycles. The van der Waals surface area contributed by atoms with Gasteiger partial charge in [0.25, 0.3) is 11.8 Å². The molecule has 0 saturated carbocycles. The third kappa shape index (κ3) is 1.54. The van der Waals surface area contributed by atoms with Gasteiger partial charge in [-0.3, -0.25) is 9.59 Å². The number of imide groups is 1. The molecule has 76 valence electrons. The topological polar surface area (TPSA) is 37.4 Å². The smallest absolute Gasteiger partial charge is 0.258 e. The lowest BCUT2D eigenvalue weighted by Crippen LogP contribution is -2.30. The van der Waals surface area contributed by atoms with Gasteiger partial charge in [-0.2, -0.15) is 0 Å². The van der Waals surface area contributed by atoms with Crippen LogP contribution in [0.15, 0.2) is 30.4 Å². The molecule has 0 atom stereocenters. The summed E-state index contributed by atoms with van der Waals surface area (Å²) in [4.78, 5) is 23.4. The zero-order valence-corrected chi connectivity index (χ0v) is 8.03. The van der Waals surface area contributed by atoms with E-state index in [2.05, 4.69) is 0 Å². The van der Waals surface area contributed by atoms with Crippen molar-refractivity contribution in [2.75, 3.05) is 4.90 Å². The third-order valence-electron chi connectivity index (χ3n) is 2.15. The molecule has 4 heteroatoms. The van der Waals surface area contributed by atoms with Crippen molar-refractivity contribution in [1.82, 2.24) is 0 Å². The van der Waals surface area contributed by atoms with Crippen molar-refractivity contribution in [3.05, 3.63) is 41.7 Å². The van der Waals surface area contributed by atoms with Crippen LogP contribution in [0.2, 0.25) is 0 Å². The van der Waals surface area contributed by atoms with E-state index in [0.717, 1.165) is 22.6 Å². The lowest BCUT2D eigenvalue weighted by molar-refractivity contribution is -0.120. The Hall–Kier alpha value is -1.97. The standard InChI is InChI=1S/C11H8FNO2/c1-7-2-3-8(12)9(6-7)13-10(14)4-5-11(13)15/h2-6H,1H3. The predicted octanol–water partition coefficient (Wildman–Crippen LogP) is 1.56. The number of anilines is 1. The number of hydrogen-bond donors (Lipinski definition) is 0. The summed E-state index contributed by atoms with van der Waals surface area (Å²) in [5.74, 6) is -1.60. The number of carbonyl (C=O) groups excluding carboxylic acids is 2. The quantitative estimate of drug-likeness (QED) is 0.652. The highest BCUT2D eigenvalue weighted by Gasteiger charge is 2.27. The summed E-state index contributed by atoms with van der Waals surface area (Å²) in [5, 5.41) is 0. The summed E-state index contributed by atoms with van der Waals surface area (Å²) in [6.07, 6.45) is 2.26. The van der Waals surface area contributed by atoms with Gasteiger partial charge in [0, 0.05) is 12.2 Å². The van der Waals surface area contributed by atoms with Crippen LogP contribution in [-0.4, -0.2) is 11.8 Å². The molecule has 0 N–H and O–H groups in total. The Labute approximate surface area is 85.8 Å². The number of benzene rings is 1. The first-order valence-corrected chi connectivity index (χ1v) is 4.42. The molecule has 1 aromatic carbocycles. The maximum atomic E-state index is 13.4. The Morgan fingerprint density at radius 3 is 2.33 bits per heavy atom. The molecular weight excluding hydrogens is 197 g/mol. The minimum atomic E-state index is -0.578. The van der Waals surface area contributed by atoms with Crippen molar-refractivity contribution < 1.29 is 14.0 Å². The predicted molar refractivity (Wildman–Crippen MR) is 52.8 cm³/mol. The Morgan fingerprint density at radius 1 is 1.13 bits per heavy atom. The number of amides is 2. The van der Waals surface area contributed by atoms with E-state index in [0.29, 0.717) is 0 Å². The first-order chi connectivity index (χ1) is 7.09. The molecule has 0 aliphatic carbocycles. The summed E-state index contributed by atoms with van der Waals surface area (Å²) < 4.78 is 13.4. The SMILES string of the molecule is Cc1ccc(F)c(N2C(=O)C=CC2=O)c1. The fraction of sp³-hybridized carbons (Fsp3) is 0.0909. The second-order valence-electron chi connectivity index (χ2n) is 3.30. The second-order valence-corrected chi connectivity index (χ2v) is 3.30. The summed E-state index contributed by atoms with van der Waals surface area (Å²) in [6.45, 7) is 1.77. The van der Waals surface area contributed by atoms with Crippen molar-refractivity contribution in [3.63, 3.8) is 0 Å². The number of hydrogen-bond acceptors (Lipinski definition) is 2. The minimum absolute atomic E-state index is 0.00926. The van der Waals surface area contributed by atoms with Crippen molar-refractivity contribution in [2.24, 2.45) is 0 Å². The molecule has 1 heterocycles. The van der Waals surface area contributed by atoms with Crippen LogP contribution in [0.4, 0.5) is 10.1 Å². The molecule has 0 radical (unpaired) electrons. The van der Waals surface area contributed by atoms with Gasteiger partial charge in [-0.25, -0.2) is 9.29 Å². The first-order valence-electron chi connectivity index (χ1n) is 4.42. The number of aryl methyl sites for hydroxylation is 1. The molecule has 0 spiro atoms. The van der Waals surface area contributed by atoms with E-state index < -0.39 is 17.6 Å². The second kappa shape index (κ2) is 3.31. The van der Waals surface area contributed by atoms with Gasteiger partial charge in [-0.1, -0.05) is 6.07 Å². The summed E-state index contributed by atoms with van der Waals surface area (Å²) in [6, 6.07) is 4.29.